The number of anilines is 1. The molecule has 0 saturated heterocycles. The Morgan fingerprint density at radius 2 is 1.43 bits per heavy atom. The summed E-state index contributed by atoms with van der Waals surface area (Å²) in [6.07, 6.45) is -5.21. The van der Waals surface area contributed by atoms with Crippen LogP contribution in [0.4, 0.5) is 23.7 Å². The second-order valence-corrected chi connectivity index (χ2v) is 9.89. The number of alkyl halides is 3. The van der Waals surface area contributed by atoms with Gasteiger partial charge in [0.25, 0.3) is 0 Å². The lowest BCUT2D eigenvalue weighted by atomic mass is 9.99. The van der Waals surface area contributed by atoms with Crippen LogP contribution in [0.15, 0.2) is 78.9 Å². The summed E-state index contributed by atoms with van der Waals surface area (Å²) in [5.74, 6) is -4.83. The largest absolute Gasteiger partial charge is 0.495 e. The summed E-state index contributed by atoms with van der Waals surface area (Å²) in [7, 11) is 1.48. The van der Waals surface area contributed by atoms with E-state index in [-0.39, 0.29) is 13.0 Å². The molecule has 4 N–H and O–H groups in total. The van der Waals surface area contributed by atoms with E-state index in [4.69, 9.17) is 4.74 Å². The Morgan fingerprint density at radius 3 is 2.11 bits per heavy atom. The quantitative estimate of drug-likeness (QED) is 0.114. The average Bonchev–Trinajstić information content (AvgIpc) is 3.03. The summed E-state index contributed by atoms with van der Waals surface area (Å²) < 4.78 is 46.8. The SMILES string of the molecule is COc1ccccc1NC(=O)NCCCCC(=O)NCC(=O)NC(CC(=O)OC(=O)C(F)(F)F)c1ccc(-c2ccccc2)cc1. The molecule has 14 heteroatoms. The summed E-state index contributed by atoms with van der Waals surface area (Å²) >= 11 is 0. The molecule has 3 rings (SSSR count). The van der Waals surface area contributed by atoms with E-state index in [2.05, 4.69) is 26.0 Å². The van der Waals surface area contributed by atoms with Crippen molar-refractivity contribution in [1.82, 2.24) is 16.0 Å². The number of unbranched alkanes of at least 4 members (excludes halogenated alkanes) is 1. The molecule has 4 amide bonds. The number of urea groups is 1. The minimum Gasteiger partial charge on any atom is -0.495 e. The third kappa shape index (κ3) is 11.6. The first-order valence-corrected chi connectivity index (χ1v) is 14.2. The van der Waals surface area contributed by atoms with Crippen molar-refractivity contribution in [2.75, 3.05) is 25.5 Å². The first kappa shape index (κ1) is 35.1. The number of amides is 4. The van der Waals surface area contributed by atoms with Crippen molar-refractivity contribution in [3.63, 3.8) is 0 Å². The predicted molar refractivity (Wildman–Crippen MR) is 161 cm³/mol. The maximum atomic E-state index is 12.6. The fourth-order valence-electron chi connectivity index (χ4n) is 4.20. The molecule has 11 nitrogen and oxygen atoms in total. The van der Waals surface area contributed by atoms with Crippen molar-refractivity contribution in [3.05, 3.63) is 84.4 Å². The Kier molecular flexibility index (Phi) is 13.1. The van der Waals surface area contributed by atoms with Crippen molar-refractivity contribution in [1.29, 1.82) is 0 Å². The number of carbonyl (C=O) groups is 5. The van der Waals surface area contributed by atoms with Crippen molar-refractivity contribution in [3.8, 4) is 16.9 Å². The van der Waals surface area contributed by atoms with Gasteiger partial charge in [-0.3, -0.25) is 14.4 Å². The van der Waals surface area contributed by atoms with Crippen LogP contribution < -0.4 is 26.0 Å². The molecule has 0 spiro atoms. The number of carbonyl (C=O) groups excluding carboxylic acids is 5. The Morgan fingerprint density at radius 1 is 0.783 bits per heavy atom. The highest BCUT2D eigenvalue weighted by molar-refractivity contribution is 5.91. The molecule has 0 fully saturated rings. The van der Waals surface area contributed by atoms with E-state index in [9.17, 15) is 37.1 Å². The van der Waals surface area contributed by atoms with Crippen LogP contribution in [0.25, 0.3) is 11.1 Å². The molecular formula is C32H33F3N4O7. The molecule has 3 aromatic rings. The number of methoxy groups -OCH3 is 1. The maximum absolute atomic E-state index is 12.6. The number of hydrogen-bond donors (Lipinski definition) is 4. The third-order valence-electron chi connectivity index (χ3n) is 6.48. The molecule has 244 valence electrons. The van der Waals surface area contributed by atoms with E-state index in [1.54, 1.807) is 48.5 Å². The summed E-state index contributed by atoms with van der Waals surface area (Å²) in [6, 6.07) is 21.1. The summed E-state index contributed by atoms with van der Waals surface area (Å²) in [6.45, 7) is -0.194. The van der Waals surface area contributed by atoms with Gasteiger partial charge in [-0.15, -0.1) is 0 Å². The van der Waals surface area contributed by atoms with Gasteiger partial charge in [-0.25, -0.2) is 9.59 Å². The minimum absolute atomic E-state index is 0.0549. The van der Waals surface area contributed by atoms with Gasteiger partial charge in [0.15, 0.2) is 0 Å². The molecule has 0 heterocycles. The highest BCUT2D eigenvalue weighted by Crippen LogP contribution is 2.25. The fraction of sp³-hybridized carbons (Fsp3) is 0.281. The number of nitrogens with one attached hydrogen (secondary N) is 4. The van der Waals surface area contributed by atoms with Crippen LogP contribution in [0, 0.1) is 0 Å². The van der Waals surface area contributed by atoms with Gasteiger partial charge in [0.1, 0.15) is 5.75 Å². The number of halogens is 3. The molecule has 0 saturated carbocycles. The summed E-state index contributed by atoms with van der Waals surface area (Å²) in [5.41, 5.74) is 2.56. The normalized spacial score (nSPS) is 11.5. The number of rotatable bonds is 14. The maximum Gasteiger partial charge on any atom is 0.491 e. The second-order valence-electron chi connectivity index (χ2n) is 9.89. The van der Waals surface area contributed by atoms with E-state index in [1.165, 1.54) is 7.11 Å². The summed E-state index contributed by atoms with van der Waals surface area (Å²) in [4.78, 5) is 60.3. The topological polar surface area (TPSA) is 152 Å². The van der Waals surface area contributed by atoms with E-state index in [1.807, 2.05) is 30.3 Å². The van der Waals surface area contributed by atoms with Crippen LogP contribution >= 0.6 is 0 Å². The molecule has 0 aliphatic heterocycles. The van der Waals surface area contributed by atoms with Gasteiger partial charge in [-0.1, -0.05) is 66.7 Å². The molecular weight excluding hydrogens is 609 g/mol. The van der Waals surface area contributed by atoms with Gasteiger partial charge >= 0.3 is 24.1 Å². The Balaban J connectivity index is 1.47. The van der Waals surface area contributed by atoms with Crippen LogP contribution in [0.5, 0.6) is 5.75 Å². The average molecular weight is 643 g/mol. The van der Waals surface area contributed by atoms with Crippen LogP contribution in [-0.2, 0) is 23.9 Å². The lowest BCUT2D eigenvalue weighted by Crippen LogP contribution is -2.39. The Hall–Kier alpha value is -5.40. The minimum atomic E-state index is -5.37. The lowest BCUT2D eigenvalue weighted by Gasteiger charge is -2.19. The zero-order valence-electron chi connectivity index (χ0n) is 24.8. The second kappa shape index (κ2) is 17.2. The van der Waals surface area contributed by atoms with Gasteiger partial charge in [-0.2, -0.15) is 13.2 Å². The first-order valence-electron chi connectivity index (χ1n) is 14.2. The van der Waals surface area contributed by atoms with E-state index in [0.29, 0.717) is 29.8 Å². The van der Waals surface area contributed by atoms with E-state index >= 15 is 0 Å². The predicted octanol–water partition coefficient (Wildman–Crippen LogP) is 4.65. The molecule has 0 aromatic heterocycles. The van der Waals surface area contributed by atoms with Crippen molar-refractivity contribution < 1.29 is 46.6 Å². The van der Waals surface area contributed by atoms with Crippen molar-refractivity contribution >= 4 is 35.5 Å². The standard InChI is InChI=1S/C32H33F3N4O7/c1-45-26-12-6-5-11-24(26)39-31(44)36-18-8-7-13-27(40)37-20-28(41)38-25(19-29(42)46-30(43)32(33,34)35)23-16-14-22(15-17-23)21-9-3-2-4-10-21/h2-6,9-12,14-17,25H,7-8,13,18-20H2,1H3,(H,37,40)(H,38,41)(H2,36,39,44). The number of benzene rings is 3. The molecule has 0 bridgehead atoms. The molecule has 46 heavy (non-hydrogen) atoms. The van der Waals surface area contributed by atoms with E-state index < -0.39 is 55.0 Å². The number of esters is 2. The molecule has 3 aromatic carbocycles. The third-order valence-corrected chi connectivity index (χ3v) is 6.48. The van der Waals surface area contributed by atoms with Gasteiger partial charge < -0.3 is 30.7 Å². The van der Waals surface area contributed by atoms with Crippen LogP contribution in [0.1, 0.15) is 37.3 Å². The number of ether oxygens (including phenoxy) is 2. The zero-order chi connectivity index (χ0) is 33.5. The molecule has 1 atom stereocenters. The van der Waals surface area contributed by atoms with Crippen molar-refractivity contribution in [2.24, 2.45) is 0 Å². The Labute approximate surface area is 262 Å². The van der Waals surface area contributed by atoms with Gasteiger partial charge in [0.2, 0.25) is 11.8 Å². The van der Waals surface area contributed by atoms with Crippen LogP contribution in [-0.4, -0.2) is 56.2 Å². The van der Waals surface area contributed by atoms with Gasteiger partial charge in [-0.05, 0) is 41.7 Å². The number of para-hydroxylation sites is 2. The van der Waals surface area contributed by atoms with Crippen molar-refractivity contribution in [2.45, 2.75) is 37.9 Å². The van der Waals surface area contributed by atoms with E-state index in [0.717, 1.165) is 11.1 Å². The van der Waals surface area contributed by atoms with Gasteiger partial charge in [0, 0.05) is 13.0 Å². The Bertz CT molecular complexity index is 1500. The highest BCUT2D eigenvalue weighted by atomic mass is 19.4. The highest BCUT2D eigenvalue weighted by Gasteiger charge is 2.42. The van der Waals surface area contributed by atoms with Crippen LogP contribution in [0.2, 0.25) is 0 Å². The first-order chi connectivity index (χ1) is 22.0. The zero-order valence-corrected chi connectivity index (χ0v) is 24.8. The van der Waals surface area contributed by atoms with Gasteiger partial charge in [0.05, 0.1) is 31.8 Å². The molecule has 0 aliphatic rings. The molecule has 1 unspecified atom stereocenters. The smallest absolute Gasteiger partial charge is 0.491 e. The molecule has 0 aliphatic carbocycles. The van der Waals surface area contributed by atoms with Crippen LogP contribution in [0.3, 0.4) is 0 Å². The fourth-order valence-corrected chi connectivity index (χ4v) is 4.20. The summed E-state index contributed by atoms with van der Waals surface area (Å²) in [5, 5.41) is 10.3. The lowest BCUT2D eigenvalue weighted by molar-refractivity contribution is -0.202. The number of hydrogen-bond acceptors (Lipinski definition) is 7. The monoisotopic (exact) mass is 642 g/mol. The molecule has 0 radical (unpaired) electrons.